The van der Waals surface area contributed by atoms with Crippen molar-refractivity contribution in [3.8, 4) is 0 Å². The second-order valence-electron chi connectivity index (χ2n) is 3.42. The second kappa shape index (κ2) is 6.13. The van der Waals surface area contributed by atoms with Crippen molar-refractivity contribution in [2.75, 3.05) is 26.4 Å². The molecule has 0 aromatic rings. The zero-order valence-corrected chi connectivity index (χ0v) is 10.1. The predicted molar refractivity (Wildman–Crippen MR) is 62.6 cm³/mol. The molecule has 0 aliphatic heterocycles. The van der Waals surface area contributed by atoms with Crippen LogP contribution in [0.15, 0.2) is 4.99 Å². The molecule has 4 heteroatoms. The fourth-order valence-corrected chi connectivity index (χ4v) is 0.973. The summed E-state index contributed by atoms with van der Waals surface area (Å²) in [5.41, 5.74) is 0. The Hall–Kier alpha value is -0.380. The van der Waals surface area contributed by atoms with E-state index in [2.05, 4.69) is 42.7 Å². The van der Waals surface area contributed by atoms with Gasteiger partial charge in [0.05, 0.1) is 0 Å². The normalized spacial score (nSPS) is 12.8. The summed E-state index contributed by atoms with van der Waals surface area (Å²) in [6.07, 6.45) is 2.12. The number of nitrogens with zero attached hydrogens (tertiary/aromatic N) is 1. The number of hydrogen-bond acceptors (Lipinski definition) is 2. The van der Waals surface area contributed by atoms with Gasteiger partial charge in [-0.25, -0.2) is 0 Å². The van der Waals surface area contributed by atoms with E-state index in [9.17, 15) is 0 Å². The molecule has 0 aliphatic carbocycles. The van der Waals surface area contributed by atoms with Gasteiger partial charge in [0.1, 0.15) is 0 Å². The van der Waals surface area contributed by atoms with Crippen LogP contribution in [0.25, 0.3) is 0 Å². The third-order valence-electron chi connectivity index (χ3n) is 1.80. The summed E-state index contributed by atoms with van der Waals surface area (Å²) < 4.78 is 0.255. The molecule has 0 radical (unpaired) electrons. The van der Waals surface area contributed by atoms with Gasteiger partial charge in [-0.15, -0.1) is 0 Å². The summed E-state index contributed by atoms with van der Waals surface area (Å²) in [6.45, 7) is 8.31. The van der Waals surface area contributed by atoms with Crippen LogP contribution in [0.3, 0.4) is 0 Å². The van der Waals surface area contributed by atoms with E-state index < -0.39 is 0 Å². The monoisotopic (exact) mass is 203 g/mol. The molecule has 78 valence electrons. The average molecular weight is 203 g/mol. The first-order valence-corrected chi connectivity index (χ1v) is 5.78. The van der Waals surface area contributed by atoms with Crippen LogP contribution in [0.5, 0.6) is 0 Å². The number of hydrogen-bond donors (Lipinski definition) is 2. The maximum Gasteiger partial charge on any atom is 0.191 e. The smallest absolute Gasteiger partial charge is 0.191 e. The Kier molecular flexibility index (Phi) is 5.95. The molecule has 0 saturated carbocycles. The molecule has 0 aliphatic rings. The first-order valence-electron chi connectivity index (χ1n) is 4.55. The first kappa shape index (κ1) is 12.6. The highest BCUT2D eigenvalue weighted by Crippen LogP contribution is 2.19. The molecule has 0 aromatic heterocycles. The molecule has 3 nitrogen and oxygen atoms in total. The molecule has 0 unspecified atom stereocenters. The SMILES string of the molecule is CCNC(=NC)NCC(C)(C)SC. The van der Waals surface area contributed by atoms with Gasteiger partial charge >= 0.3 is 0 Å². The van der Waals surface area contributed by atoms with Gasteiger partial charge in [-0.2, -0.15) is 11.8 Å². The Morgan fingerprint density at radius 2 is 2.00 bits per heavy atom. The van der Waals surface area contributed by atoms with Crippen molar-refractivity contribution in [1.82, 2.24) is 10.6 Å². The van der Waals surface area contributed by atoms with Gasteiger partial charge < -0.3 is 10.6 Å². The van der Waals surface area contributed by atoms with Crippen LogP contribution in [-0.4, -0.2) is 37.1 Å². The molecule has 0 atom stereocenters. The molecule has 0 heterocycles. The van der Waals surface area contributed by atoms with Crippen molar-refractivity contribution < 1.29 is 0 Å². The number of nitrogens with one attached hydrogen (secondary N) is 2. The summed E-state index contributed by atoms with van der Waals surface area (Å²) in [4.78, 5) is 4.10. The van der Waals surface area contributed by atoms with Crippen LogP contribution in [0.1, 0.15) is 20.8 Å². The summed E-state index contributed by atoms with van der Waals surface area (Å²) in [5, 5.41) is 6.44. The summed E-state index contributed by atoms with van der Waals surface area (Å²) in [5.74, 6) is 0.879. The Labute approximate surface area is 85.8 Å². The van der Waals surface area contributed by atoms with Crippen molar-refractivity contribution in [2.45, 2.75) is 25.5 Å². The van der Waals surface area contributed by atoms with Gasteiger partial charge in [0.25, 0.3) is 0 Å². The topological polar surface area (TPSA) is 36.4 Å². The van der Waals surface area contributed by atoms with Crippen molar-refractivity contribution in [3.63, 3.8) is 0 Å². The Morgan fingerprint density at radius 3 is 2.38 bits per heavy atom. The van der Waals surface area contributed by atoms with E-state index >= 15 is 0 Å². The Balaban J connectivity index is 3.85. The van der Waals surface area contributed by atoms with Gasteiger partial charge in [0.2, 0.25) is 0 Å². The number of aliphatic imine (C=N–C) groups is 1. The number of guanidine groups is 1. The summed E-state index contributed by atoms with van der Waals surface area (Å²) >= 11 is 1.85. The second-order valence-corrected chi connectivity index (χ2v) is 4.93. The lowest BCUT2D eigenvalue weighted by molar-refractivity contribution is 0.667. The predicted octanol–water partition coefficient (Wildman–Crippen LogP) is 1.31. The molecule has 0 saturated heterocycles. The fourth-order valence-electron chi connectivity index (χ4n) is 0.757. The van der Waals surface area contributed by atoms with Crippen molar-refractivity contribution in [2.24, 2.45) is 4.99 Å². The Bertz CT molecular complexity index is 166. The van der Waals surface area contributed by atoms with Crippen molar-refractivity contribution >= 4 is 17.7 Å². The van der Waals surface area contributed by atoms with Gasteiger partial charge in [0, 0.05) is 24.9 Å². The minimum atomic E-state index is 0.255. The van der Waals surface area contributed by atoms with E-state index in [-0.39, 0.29) is 4.75 Å². The molecular weight excluding hydrogens is 182 g/mol. The molecule has 0 amide bonds. The molecular formula is C9H21N3S. The van der Waals surface area contributed by atoms with Crippen LogP contribution >= 0.6 is 11.8 Å². The van der Waals surface area contributed by atoms with Crippen molar-refractivity contribution in [3.05, 3.63) is 0 Å². The number of thioether (sulfide) groups is 1. The highest BCUT2D eigenvalue weighted by atomic mass is 32.2. The van der Waals surface area contributed by atoms with E-state index in [1.807, 2.05) is 11.8 Å². The van der Waals surface area contributed by atoms with E-state index in [1.54, 1.807) is 7.05 Å². The Morgan fingerprint density at radius 1 is 1.38 bits per heavy atom. The highest BCUT2D eigenvalue weighted by Gasteiger charge is 2.15. The molecule has 2 N–H and O–H groups in total. The molecule has 0 aromatic carbocycles. The van der Waals surface area contributed by atoms with E-state index in [0.717, 1.165) is 19.0 Å². The summed E-state index contributed by atoms with van der Waals surface area (Å²) in [6, 6.07) is 0. The minimum Gasteiger partial charge on any atom is -0.357 e. The van der Waals surface area contributed by atoms with E-state index in [1.165, 1.54) is 0 Å². The maximum atomic E-state index is 4.10. The lowest BCUT2D eigenvalue weighted by atomic mass is 10.2. The van der Waals surface area contributed by atoms with Gasteiger partial charge in [0.15, 0.2) is 5.96 Å². The number of rotatable bonds is 4. The van der Waals surface area contributed by atoms with Crippen LogP contribution in [0.4, 0.5) is 0 Å². The lowest BCUT2D eigenvalue weighted by Gasteiger charge is -2.23. The lowest BCUT2D eigenvalue weighted by Crippen LogP contribution is -2.43. The summed E-state index contributed by atoms with van der Waals surface area (Å²) in [7, 11) is 1.79. The van der Waals surface area contributed by atoms with Crippen LogP contribution < -0.4 is 10.6 Å². The van der Waals surface area contributed by atoms with Gasteiger partial charge in [-0.1, -0.05) is 0 Å². The standard InChI is InChI=1S/C9H21N3S/c1-6-11-8(10-4)12-7-9(2,3)13-5/h6-7H2,1-5H3,(H2,10,11,12). The van der Waals surface area contributed by atoms with E-state index in [0.29, 0.717) is 0 Å². The molecule has 0 fully saturated rings. The largest absolute Gasteiger partial charge is 0.357 e. The van der Waals surface area contributed by atoms with Crippen LogP contribution in [-0.2, 0) is 0 Å². The van der Waals surface area contributed by atoms with Crippen LogP contribution in [0, 0.1) is 0 Å². The van der Waals surface area contributed by atoms with Crippen LogP contribution in [0.2, 0.25) is 0 Å². The average Bonchev–Trinajstić information content (AvgIpc) is 2.12. The van der Waals surface area contributed by atoms with Gasteiger partial charge in [-0.05, 0) is 27.0 Å². The van der Waals surface area contributed by atoms with Gasteiger partial charge in [-0.3, -0.25) is 4.99 Å². The van der Waals surface area contributed by atoms with E-state index in [4.69, 9.17) is 0 Å². The first-order chi connectivity index (χ1) is 6.05. The zero-order valence-electron chi connectivity index (χ0n) is 9.27. The molecule has 13 heavy (non-hydrogen) atoms. The molecule has 0 bridgehead atoms. The fraction of sp³-hybridized carbons (Fsp3) is 0.889. The third-order valence-corrected chi connectivity index (χ3v) is 3.05. The maximum absolute atomic E-state index is 4.10. The molecule has 0 rings (SSSR count). The van der Waals surface area contributed by atoms with Crippen molar-refractivity contribution in [1.29, 1.82) is 0 Å². The minimum absolute atomic E-state index is 0.255. The quantitative estimate of drug-likeness (QED) is 0.534. The molecule has 0 spiro atoms. The zero-order chi connectivity index (χ0) is 10.3. The third kappa shape index (κ3) is 5.80. The highest BCUT2D eigenvalue weighted by molar-refractivity contribution is 7.99.